The number of fused-ring (bicyclic) bond motifs is 2. The molecule has 7 atom stereocenters. The van der Waals surface area contributed by atoms with Gasteiger partial charge in [-0.15, -0.1) is 0 Å². The minimum absolute atomic E-state index is 0.106. The van der Waals surface area contributed by atoms with Gasteiger partial charge in [0.25, 0.3) is 0 Å². The van der Waals surface area contributed by atoms with E-state index in [-0.39, 0.29) is 15.9 Å². The van der Waals surface area contributed by atoms with Crippen LogP contribution in [0.25, 0.3) is 0 Å². The molecular weight excluding hydrogens is 436 g/mol. The first kappa shape index (κ1) is 26.2. The van der Waals surface area contributed by atoms with E-state index in [2.05, 4.69) is 71.4 Å². The molecule has 1 aromatic rings. The van der Waals surface area contributed by atoms with Crippen LogP contribution in [0.1, 0.15) is 78.5 Å². The molecule has 2 saturated carbocycles. The molecule has 192 valence electrons. The lowest BCUT2D eigenvalue weighted by molar-refractivity contribution is -0.0855. The Morgan fingerprint density at radius 3 is 2.50 bits per heavy atom. The Bertz CT molecular complexity index is 902. The molecule has 0 aliphatic heterocycles. The van der Waals surface area contributed by atoms with Crippen molar-refractivity contribution in [1.82, 2.24) is 10.2 Å². The molecule has 3 aliphatic rings. The smallest absolute Gasteiger partial charge is 0.191 e. The monoisotopic (exact) mass is 486 g/mol. The Labute approximate surface area is 209 Å². The SMILES string of the molecule is C=C(C)[C@H]1CC[C@H]2[C@H](CO)[C@@H]([C@@]3(C)Cc4cn[nH]c4C[C@@H]3CO[Si](C)(C)C(C)(C)C)CC[C@]12C. The van der Waals surface area contributed by atoms with Crippen LogP contribution in [-0.2, 0) is 17.3 Å². The average molecular weight is 487 g/mol. The average Bonchev–Trinajstić information content (AvgIpc) is 3.33. The lowest BCUT2D eigenvalue weighted by Crippen LogP contribution is -2.54. The fourth-order valence-corrected chi connectivity index (χ4v) is 9.13. The van der Waals surface area contributed by atoms with Crippen molar-refractivity contribution in [3.8, 4) is 0 Å². The number of H-pyrrole nitrogens is 1. The van der Waals surface area contributed by atoms with E-state index in [9.17, 15) is 5.11 Å². The number of rotatable bonds is 6. The molecule has 0 aromatic carbocycles. The van der Waals surface area contributed by atoms with E-state index in [1.54, 1.807) is 0 Å². The van der Waals surface area contributed by atoms with Crippen molar-refractivity contribution < 1.29 is 9.53 Å². The Morgan fingerprint density at radius 1 is 1.21 bits per heavy atom. The molecule has 5 heteroatoms. The van der Waals surface area contributed by atoms with Crippen molar-refractivity contribution in [2.45, 2.75) is 98.2 Å². The van der Waals surface area contributed by atoms with Gasteiger partial charge in [-0.05, 0) is 110 Å². The molecule has 2 fully saturated rings. The van der Waals surface area contributed by atoms with Crippen LogP contribution in [-0.4, -0.2) is 36.8 Å². The molecule has 0 amide bonds. The van der Waals surface area contributed by atoms with E-state index in [1.807, 2.05) is 6.20 Å². The van der Waals surface area contributed by atoms with Crippen molar-refractivity contribution in [2.75, 3.05) is 13.2 Å². The third-order valence-electron chi connectivity index (χ3n) is 11.3. The zero-order chi connectivity index (χ0) is 25.1. The van der Waals surface area contributed by atoms with E-state index in [0.29, 0.717) is 36.2 Å². The number of aliphatic hydroxyl groups is 1. The van der Waals surface area contributed by atoms with Crippen molar-refractivity contribution in [1.29, 1.82) is 0 Å². The molecule has 0 saturated heterocycles. The van der Waals surface area contributed by atoms with E-state index in [1.165, 1.54) is 42.5 Å². The van der Waals surface area contributed by atoms with Gasteiger partial charge in [-0.1, -0.05) is 46.8 Å². The minimum Gasteiger partial charge on any atom is -0.417 e. The van der Waals surface area contributed by atoms with Crippen LogP contribution in [0.5, 0.6) is 0 Å². The van der Waals surface area contributed by atoms with Gasteiger partial charge in [-0.2, -0.15) is 5.10 Å². The van der Waals surface area contributed by atoms with Crippen LogP contribution in [0, 0.1) is 40.4 Å². The summed E-state index contributed by atoms with van der Waals surface area (Å²) in [5.41, 5.74) is 4.41. The number of hydrogen-bond acceptors (Lipinski definition) is 3. The quantitative estimate of drug-likeness (QED) is 0.344. The summed E-state index contributed by atoms with van der Waals surface area (Å²) >= 11 is 0. The van der Waals surface area contributed by atoms with Crippen molar-refractivity contribution >= 4 is 8.32 Å². The zero-order valence-electron chi connectivity index (χ0n) is 23.1. The molecule has 0 radical (unpaired) electrons. The molecule has 1 aromatic heterocycles. The van der Waals surface area contributed by atoms with Gasteiger partial charge < -0.3 is 9.53 Å². The van der Waals surface area contributed by atoms with Crippen LogP contribution in [0.3, 0.4) is 0 Å². The first-order chi connectivity index (χ1) is 15.7. The second-order valence-electron chi connectivity index (χ2n) is 14.1. The second kappa shape index (κ2) is 8.88. The Kier molecular flexibility index (Phi) is 6.83. The van der Waals surface area contributed by atoms with Crippen LogP contribution >= 0.6 is 0 Å². The summed E-state index contributed by atoms with van der Waals surface area (Å²) in [6.45, 7) is 24.4. The van der Waals surface area contributed by atoms with E-state index >= 15 is 0 Å². The normalized spacial score (nSPS) is 38.4. The standard InChI is InChI=1S/C29H50N2O2Si/c1-19(2)23-10-11-24-22(17-32)25(12-13-28(23,24)6)29(7)15-20-16-30-31-26(20)14-21(29)18-33-34(8,9)27(3,4)5/h16,21-25,32H,1,10-15,17-18H2,2-9H3,(H,30,31)/t21-,22+,23-,24+,25+,28-,29+/m1/s1. The molecule has 0 bridgehead atoms. The number of hydrogen-bond donors (Lipinski definition) is 2. The van der Waals surface area contributed by atoms with Crippen molar-refractivity contribution in [3.05, 3.63) is 29.6 Å². The summed E-state index contributed by atoms with van der Waals surface area (Å²) in [5, 5.41) is 18.7. The molecule has 34 heavy (non-hydrogen) atoms. The Morgan fingerprint density at radius 2 is 1.88 bits per heavy atom. The van der Waals surface area contributed by atoms with Crippen LogP contribution in [0.2, 0.25) is 18.1 Å². The van der Waals surface area contributed by atoms with Gasteiger partial charge in [0.05, 0.1) is 6.20 Å². The van der Waals surface area contributed by atoms with Crippen molar-refractivity contribution in [2.24, 2.45) is 40.4 Å². The predicted octanol–water partition coefficient (Wildman–Crippen LogP) is 6.78. The summed E-state index contributed by atoms with van der Waals surface area (Å²) in [4.78, 5) is 0. The topological polar surface area (TPSA) is 58.1 Å². The van der Waals surface area contributed by atoms with Crippen LogP contribution in [0.4, 0.5) is 0 Å². The third-order valence-corrected chi connectivity index (χ3v) is 15.8. The summed E-state index contributed by atoms with van der Waals surface area (Å²) in [5.74, 6) is 2.50. The highest BCUT2D eigenvalue weighted by atomic mass is 28.4. The first-order valence-corrected chi connectivity index (χ1v) is 16.6. The lowest BCUT2D eigenvalue weighted by atomic mass is 9.49. The maximum atomic E-state index is 10.8. The van der Waals surface area contributed by atoms with Gasteiger partial charge in [-0.3, -0.25) is 5.10 Å². The van der Waals surface area contributed by atoms with Crippen LogP contribution < -0.4 is 0 Å². The molecule has 4 rings (SSSR count). The number of aliphatic hydroxyl groups excluding tert-OH is 1. The molecule has 0 unspecified atom stereocenters. The summed E-state index contributed by atoms with van der Waals surface area (Å²) in [7, 11) is -1.84. The fraction of sp³-hybridized carbons (Fsp3) is 0.828. The van der Waals surface area contributed by atoms with Gasteiger partial charge in [0.2, 0.25) is 0 Å². The predicted molar refractivity (Wildman–Crippen MR) is 143 cm³/mol. The maximum Gasteiger partial charge on any atom is 0.191 e. The summed E-state index contributed by atoms with van der Waals surface area (Å²) in [6.07, 6.45) is 9.01. The van der Waals surface area contributed by atoms with Crippen LogP contribution in [0.15, 0.2) is 18.3 Å². The van der Waals surface area contributed by atoms with Gasteiger partial charge in [-0.25, -0.2) is 0 Å². The molecule has 4 nitrogen and oxygen atoms in total. The summed E-state index contributed by atoms with van der Waals surface area (Å²) < 4.78 is 6.87. The zero-order valence-corrected chi connectivity index (χ0v) is 24.1. The van der Waals surface area contributed by atoms with Gasteiger partial charge >= 0.3 is 0 Å². The number of nitrogens with one attached hydrogen (secondary N) is 1. The van der Waals surface area contributed by atoms with Gasteiger partial charge in [0, 0.05) is 18.9 Å². The second-order valence-corrected chi connectivity index (χ2v) is 18.9. The maximum absolute atomic E-state index is 10.8. The lowest BCUT2D eigenvalue weighted by Gasteiger charge is -2.57. The van der Waals surface area contributed by atoms with Crippen molar-refractivity contribution in [3.63, 3.8) is 0 Å². The minimum atomic E-state index is -1.84. The highest BCUT2D eigenvalue weighted by Crippen LogP contribution is 2.64. The highest BCUT2D eigenvalue weighted by Gasteiger charge is 2.58. The van der Waals surface area contributed by atoms with Gasteiger partial charge in [0.1, 0.15) is 0 Å². The largest absolute Gasteiger partial charge is 0.417 e. The molecular formula is C29H50N2O2Si. The first-order valence-electron chi connectivity index (χ1n) is 13.7. The number of aromatic amines is 1. The van der Waals surface area contributed by atoms with E-state index < -0.39 is 8.32 Å². The highest BCUT2D eigenvalue weighted by molar-refractivity contribution is 6.74. The Balaban J connectivity index is 1.65. The number of allylic oxidation sites excluding steroid dienone is 1. The van der Waals surface area contributed by atoms with E-state index in [4.69, 9.17) is 4.43 Å². The molecule has 1 heterocycles. The summed E-state index contributed by atoms with van der Waals surface area (Å²) in [6, 6.07) is 0. The van der Waals surface area contributed by atoms with Gasteiger partial charge in [0.15, 0.2) is 8.32 Å². The van der Waals surface area contributed by atoms with E-state index in [0.717, 1.165) is 19.4 Å². The molecule has 0 spiro atoms. The fourth-order valence-electron chi connectivity index (χ4n) is 8.08. The molecule has 2 N–H and O–H groups in total. The Hall–Kier alpha value is -0.913. The molecule has 3 aliphatic carbocycles. The third kappa shape index (κ3) is 4.18. The number of aromatic nitrogens is 2. The number of nitrogens with zero attached hydrogens (tertiary/aromatic N) is 1.